The summed E-state index contributed by atoms with van der Waals surface area (Å²) < 4.78 is 0. The minimum absolute atomic E-state index is 0.141. The van der Waals surface area contributed by atoms with Crippen LogP contribution < -0.4 is 11.1 Å². The number of carbonyl (C=O) groups is 1. The van der Waals surface area contributed by atoms with Crippen molar-refractivity contribution in [1.82, 2.24) is 10.3 Å². The average Bonchev–Trinajstić information content (AvgIpc) is 3.27. The van der Waals surface area contributed by atoms with Gasteiger partial charge in [-0.25, -0.2) is 4.98 Å². The summed E-state index contributed by atoms with van der Waals surface area (Å²) in [6, 6.07) is 3.78. The molecule has 0 bridgehead atoms. The maximum absolute atomic E-state index is 12.5. The summed E-state index contributed by atoms with van der Waals surface area (Å²) in [7, 11) is 0. The molecule has 6 heteroatoms. The van der Waals surface area contributed by atoms with Crippen LogP contribution in [-0.2, 0) is 0 Å². The fraction of sp³-hybridized carbons (Fsp3) is 0.250. The van der Waals surface area contributed by atoms with Crippen LogP contribution in [0.4, 0.5) is 5.69 Å². The number of nitrogens with two attached hydrogens (primary N) is 1. The van der Waals surface area contributed by atoms with Gasteiger partial charge in [0.15, 0.2) is 0 Å². The zero-order valence-corrected chi connectivity index (χ0v) is 15.4. The van der Waals surface area contributed by atoms with Gasteiger partial charge in [-0.3, -0.25) is 9.79 Å². The highest BCUT2D eigenvalue weighted by Crippen LogP contribution is 2.32. The van der Waals surface area contributed by atoms with Crippen LogP contribution in [-0.4, -0.2) is 24.2 Å². The van der Waals surface area contributed by atoms with E-state index in [1.807, 2.05) is 24.3 Å². The van der Waals surface area contributed by atoms with Crippen LogP contribution in [0.5, 0.6) is 0 Å². The highest BCUT2D eigenvalue weighted by molar-refractivity contribution is 7.21. The molecule has 2 aromatic heterocycles. The van der Waals surface area contributed by atoms with Crippen molar-refractivity contribution in [3.63, 3.8) is 0 Å². The molecule has 0 unspecified atom stereocenters. The van der Waals surface area contributed by atoms with Crippen molar-refractivity contribution in [2.75, 3.05) is 12.3 Å². The number of hydrogen-bond acceptors (Lipinski definition) is 5. The summed E-state index contributed by atoms with van der Waals surface area (Å²) in [6.07, 6.45) is 14.0. The number of nitrogen functional groups attached to an aromatic ring is 1. The molecule has 0 aliphatic heterocycles. The van der Waals surface area contributed by atoms with E-state index in [0.717, 1.165) is 28.8 Å². The fourth-order valence-electron chi connectivity index (χ4n) is 2.94. The standard InChI is InChI=1S/C20H22N4OS/c1-22-12-5-4-8-15-9-10-16-17(21)18(26-20(16)24-15)19(25)23-13-11-14-6-2-3-7-14/h4-5,8-12H,1-3,6-7,13,21H2,(H,23,25)/b8-4+,12-5-. The lowest BCUT2D eigenvalue weighted by atomic mass is 10.2. The first-order chi connectivity index (χ1) is 12.7. The quantitative estimate of drug-likeness (QED) is 0.453. The molecule has 0 saturated heterocycles. The third-order valence-electron chi connectivity index (χ3n) is 4.29. The molecule has 0 atom stereocenters. The molecule has 0 radical (unpaired) electrons. The van der Waals surface area contributed by atoms with Crippen molar-refractivity contribution < 1.29 is 4.79 Å². The Hall–Kier alpha value is -2.73. The Balaban J connectivity index is 1.73. The number of fused-ring (bicyclic) bond motifs is 1. The molecule has 3 rings (SSSR count). The Morgan fingerprint density at radius 3 is 2.92 bits per heavy atom. The van der Waals surface area contributed by atoms with E-state index >= 15 is 0 Å². The number of carbonyl (C=O) groups excluding carboxylic acids is 1. The smallest absolute Gasteiger partial charge is 0.263 e. The van der Waals surface area contributed by atoms with E-state index in [1.54, 1.807) is 12.3 Å². The molecular formula is C20H22N4OS. The highest BCUT2D eigenvalue weighted by Gasteiger charge is 2.17. The van der Waals surface area contributed by atoms with Gasteiger partial charge in [-0.1, -0.05) is 17.7 Å². The van der Waals surface area contributed by atoms with Crippen molar-refractivity contribution in [2.45, 2.75) is 25.7 Å². The van der Waals surface area contributed by atoms with Gasteiger partial charge >= 0.3 is 0 Å². The summed E-state index contributed by atoms with van der Waals surface area (Å²) in [5.41, 5.74) is 8.90. The lowest BCUT2D eigenvalue weighted by Crippen LogP contribution is -2.23. The number of nitrogens with zero attached hydrogens (tertiary/aromatic N) is 2. The lowest BCUT2D eigenvalue weighted by molar-refractivity contribution is 0.0963. The molecular weight excluding hydrogens is 344 g/mol. The minimum Gasteiger partial charge on any atom is -0.397 e. The predicted molar refractivity (Wildman–Crippen MR) is 111 cm³/mol. The van der Waals surface area contributed by atoms with Crippen molar-refractivity contribution in [2.24, 2.45) is 4.99 Å². The topological polar surface area (TPSA) is 80.4 Å². The molecule has 1 amide bonds. The van der Waals surface area contributed by atoms with Gasteiger partial charge in [-0.2, -0.15) is 0 Å². The fourth-order valence-corrected chi connectivity index (χ4v) is 3.96. The van der Waals surface area contributed by atoms with Crippen LogP contribution in [0.2, 0.25) is 0 Å². The third-order valence-corrected chi connectivity index (χ3v) is 5.40. The van der Waals surface area contributed by atoms with E-state index in [-0.39, 0.29) is 5.91 Å². The van der Waals surface area contributed by atoms with E-state index in [1.165, 1.54) is 29.8 Å². The highest BCUT2D eigenvalue weighted by atomic mass is 32.1. The molecule has 2 aromatic rings. The zero-order chi connectivity index (χ0) is 18.4. The first kappa shape index (κ1) is 18.1. The van der Waals surface area contributed by atoms with Crippen LogP contribution in [0.1, 0.15) is 41.0 Å². The number of hydrogen-bond donors (Lipinski definition) is 2. The van der Waals surface area contributed by atoms with Gasteiger partial charge in [0.1, 0.15) is 9.71 Å². The second-order valence-corrected chi connectivity index (χ2v) is 7.10. The van der Waals surface area contributed by atoms with E-state index in [9.17, 15) is 4.79 Å². The molecule has 1 aliphatic rings. The Morgan fingerprint density at radius 1 is 1.35 bits per heavy atom. The molecule has 134 valence electrons. The van der Waals surface area contributed by atoms with Crippen LogP contribution in [0.25, 0.3) is 16.3 Å². The number of aromatic nitrogens is 1. The van der Waals surface area contributed by atoms with Gasteiger partial charge in [0.05, 0.1) is 11.4 Å². The number of thiophene rings is 1. The molecule has 26 heavy (non-hydrogen) atoms. The van der Waals surface area contributed by atoms with Gasteiger partial charge in [0.2, 0.25) is 0 Å². The Labute approximate surface area is 157 Å². The number of anilines is 1. The normalized spacial score (nSPS) is 14.5. The van der Waals surface area contributed by atoms with E-state index in [4.69, 9.17) is 5.73 Å². The summed E-state index contributed by atoms with van der Waals surface area (Å²) in [6.45, 7) is 3.93. The second kappa shape index (κ2) is 8.58. The Morgan fingerprint density at radius 2 is 2.15 bits per heavy atom. The van der Waals surface area contributed by atoms with Crippen molar-refractivity contribution >= 4 is 45.9 Å². The minimum atomic E-state index is -0.141. The van der Waals surface area contributed by atoms with Crippen LogP contribution >= 0.6 is 11.3 Å². The van der Waals surface area contributed by atoms with Crippen LogP contribution in [0, 0.1) is 0 Å². The number of amides is 1. The van der Waals surface area contributed by atoms with Gasteiger partial charge in [-0.05, 0) is 56.7 Å². The summed E-state index contributed by atoms with van der Waals surface area (Å²) in [5, 5.41) is 3.75. The number of aliphatic imine (C=N–C) groups is 1. The van der Waals surface area contributed by atoms with Gasteiger partial charge in [0, 0.05) is 18.1 Å². The largest absolute Gasteiger partial charge is 0.397 e. The summed E-state index contributed by atoms with van der Waals surface area (Å²) in [4.78, 5) is 21.9. The average molecular weight is 366 g/mol. The molecule has 1 saturated carbocycles. The molecule has 0 aromatic carbocycles. The Bertz CT molecular complexity index is 900. The number of pyridine rings is 1. The molecule has 5 nitrogen and oxygen atoms in total. The maximum Gasteiger partial charge on any atom is 0.263 e. The first-order valence-electron chi connectivity index (χ1n) is 8.63. The van der Waals surface area contributed by atoms with Crippen LogP contribution in [0.15, 0.2) is 47.1 Å². The monoisotopic (exact) mass is 366 g/mol. The lowest BCUT2D eigenvalue weighted by Gasteiger charge is -2.02. The molecule has 1 aliphatic carbocycles. The maximum atomic E-state index is 12.5. The SMILES string of the molecule is C=N/C=C\C=C\c1ccc2c(N)c(C(=O)NCC=C3CCCC3)sc2n1. The van der Waals surface area contributed by atoms with Gasteiger partial charge in [-0.15, -0.1) is 11.3 Å². The van der Waals surface area contributed by atoms with Gasteiger partial charge < -0.3 is 11.1 Å². The molecule has 0 spiro atoms. The summed E-state index contributed by atoms with van der Waals surface area (Å²) in [5.74, 6) is -0.141. The summed E-state index contributed by atoms with van der Waals surface area (Å²) >= 11 is 1.32. The third kappa shape index (κ3) is 4.26. The Kier molecular flexibility index (Phi) is 5.96. The van der Waals surface area contributed by atoms with Crippen molar-refractivity contribution in [3.8, 4) is 0 Å². The first-order valence-corrected chi connectivity index (χ1v) is 9.45. The van der Waals surface area contributed by atoms with Crippen molar-refractivity contribution in [3.05, 3.63) is 52.7 Å². The number of rotatable bonds is 6. The van der Waals surface area contributed by atoms with E-state index in [2.05, 4.69) is 28.1 Å². The van der Waals surface area contributed by atoms with E-state index in [0.29, 0.717) is 17.1 Å². The molecule has 2 heterocycles. The number of nitrogens with one attached hydrogen (secondary N) is 1. The predicted octanol–water partition coefficient (Wildman–Crippen LogP) is 4.34. The van der Waals surface area contributed by atoms with E-state index < -0.39 is 0 Å². The van der Waals surface area contributed by atoms with Gasteiger partial charge in [0.25, 0.3) is 5.91 Å². The second-order valence-electron chi connectivity index (χ2n) is 6.10. The van der Waals surface area contributed by atoms with Crippen molar-refractivity contribution in [1.29, 1.82) is 0 Å². The molecule has 3 N–H and O–H groups in total. The molecule has 1 fully saturated rings. The number of allylic oxidation sites excluding steroid dienone is 3. The zero-order valence-electron chi connectivity index (χ0n) is 14.6. The van der Waals surface area contributed by atoms with Crippen LogP contribution in [0.3, 0.4) is 0 Å².